The van der Waals surface area contributed by atoms with E-state index in [1.54, 1.807) is 18.2 Å². The van der Waals surface area contributed by atoms with Gasteiger partial charge in [0.25, 0.3) is 5.56 Å². The molecule has 8 nitrogen and oxygen atoms in total. The number of carbonyl (C=O) groups is 1. The number of benzene rings is 2. The van der Waals surface area contributed by atoms with Crippen molar-refractivity contribution in [3.63, 3.8) is 0 Å². The maximum atomic E-state index is 12.8. The van der Waals surface area contributed by atoms with Crippen molar-refractivity contribution >= 4 is 22.4 Å². The average Bonchev–Trinajstić information content (AvgIpc) is 2.73. The first-order chi connectivity index (χ1) is 14.0. The molecule has 0 atom stereocenters. The molecule has 0 aliphatic heterocycles. The molecule has 0 radical (unpaired) electrons. The molecule has 0 spiro atoms. The van der Waals surface area contributed by atoms with Gasteiger partial charge < -0.3 is 19.5 Å². The minimum Gasteiger partial charge on any atom is -0.493 e. The fraction of sp³-hybridized carbons (Fsp3) is 0.286. The molecule has 3 aromatic rings. The Bertz CT molecular complexity index is 1080. The highest BCUT2D eigenvalue weighted by Gasteiger charge is 2.13. The first-order valence-electron chi connectivity index (χ1n) is 9.14. The molecule has 0 unspecified atom stereocenters. The zero-order valence-corrected chi connectivity index (χ0v) is 16.6. The van der Waals surface area contributed by atoms with Gasteiger partial charge in [-0.05, 0) is 36.8 Å². The largest absolute Gasteiger partial charge is 0.493 e. The predicted octanol–water partition coefficient (Wildman–Crippen LogP) is 2.59. The van der Waals surface area contributed by atoms with Crippen molar-refractivity contribution in [3.05, 3.63) is 58.5 Å². The van der Waals surface area contributed by atoms with E-state index < -0.39 is 0 Å². The molecular weight excluding hydrogens is 374 g/mol. The van der Waals surface area contributed by atoms with Crippen LogP contribution < -0.4 is 20.3 Å². The van der Waals surface area contributed by atoms with Crippen LogP contribution in [0.3, 0.4) is 0 Å². The normalized spacial score (nSPS) is 10.7. The Morgan fingerprint density at radius 3 is 2.62 bits per heavy atom. The van der Waals surface area contributed by atoms with Crippen molar-refractivity contribution < 1.29 is 19.0 Å². The number of fused-ring (bicyclic) bond motifs is 1. The van der Waals surface area contributed by atoms with Crippen molar-refractivity contribution in [1.29, 1.82) is 0 Å². The second-order valence-corrected chi connectivity index (χ2v) is 6.29. The van der Waals surface area contributed by atoms with Gasteiger partial charge in [0, 0.05) is 17.7 Å². The Hall–Kier alpha value is -3.39. The standard InChI is InChI=1S/C21H23N3O5/c1-4-29-13-14-6-5-7-16(8-14)23-20(25)12-24-21(26)17-10-19(28-3)18(27-2)9-15(17)11-22-24/h5-11H,4,12-13H2,1-3H3,(H,23,25). The van der Waals surface area contributed by atoms with Crippen molar-refractivity contribution in [2.75, 3.05) is 26.1 Å². The fourth-order valence-corrected chi connectivity index (χ4v) is 2.92. The van der Waals surface area contributed by atoms with E-state index in [2.05, 4.69) is 10.4 Å². The number of methoxy groups -OCH3 is 2. The van der Waals surface area contributed by atoms with E-state index in [0.717, 1.165) is 10.2 Å². The number of amides is 1. The van der Waals surface area contributed by atoms with E-state index >= 15 is 0 Å². The Labute approximate surface area is 168 Å². The summed E-state index contributed by atoms with van der Waals surface area (Å²) in [7, 11) is 3.02. The van der Waals surface area contributed by atoms with Gasteiger partial charge in [0.05, 0.1) is 32.4 Å². The van der Waals surface area contributed by atoms with Crippen LogP contribution >= 0.6 is 0 Å². The number of hydrogen-bond donors (Lipinski definition) is 1. The van der Waals surface area contributed by atoms with Crippen molar-refractivity contribution in [3.8, 4) is 11.5 Å². The summed E-state index contributed by atoms with van der Waals surface area (Å²) in [5.74, 6) is 0.585. The summed E-state index contributed by atoms with van der Waals surface area (Å²) in [4.78, 5) is 25.2. The smallest absolute Gasteiger partial charge is 0.275 e. The summed E-state index contributed by atoms with van der Waals surface area (Å²) in [5.41, 5.74) is 1.20. The Morgan fingerprint density at radius 1 is 1.14 bits per heavy atom. The molecule has 2 aromatic carbocycles. The maximum Gasteiger partial charge on any atom is 0.275 e. The molecule has 8 heteroatoms. The minimum absolute atomic E-state index is 0.210. The highest BCUT2D eigenvalue weighted by atomic mass is 16.5. The van der Waals surface area contributed by atoms with E-state index in [4.69, 9.17) is 14.2 Å². The molecule has 1 N–H and O–H groups in total. The lowest BCUT2D eigenvalue weighted by Gasteiger charge is -2.11. The van der Waals surface area contributed by atoms with E-state index in [9.17, 15) is 9.59 Å². The van der Waals surface area contributed by atoms with Crippen molar-refractivity contribution in [2.24, 2.45) is 0 Å². The van der Waals surface area contributed by atoms with Gasteiger partial charge in [-0.3, -0.25) is 9.59 Å². The minimum atomic E-state index is -0.385. The Balaban J connectivity index is 1.80. The molecule has 1 heterocycles. The monoisotopic (exact) mass is 397 g/mol. The van der Waals surface area contributed by atoms with Crippen LogP contribution in [0.25, 0.3) is 10.8 Å². The van der Waals surface area contributed by atoms with E-state index in [-0.39, 0.29) is 18.0 Å². The van der Waals surface area contributed by atoms with Gasteiger partial charge in [-0.2, -0.15) is 5.10 Å². The SMILES string of the molecule is CCOCc1cccc(NC(=O)Cn2ncc3cc(OC)c(OC)cc3c2=O)c1. The first kappa shape index (κ1) is 20.3. The average molecular weight is 397 g/mol. The topological polar surface area (TPSA) is 91.7 Å². The lowest BCUT2D eigenvalue weighted by Crippen LogP contribution is -2.29. The quantitative estimate of drug-likeness (QED) is 0.628. The zero-order chi connectivity index (χ0) is 20.8. The number of ether oxygens (including phenoxy) is 3. The molecular formula is C21H23N3O5. The molecule has 1 aromatic heterocycles. The number of nitrogens with one attached hydrogen (secondary N) is 1. The van der Waals surface area contributed by atoms with E-state index in [0.29, 0.717) is 41.2 Å². The van der Waals surface area contributed by atoms with Crippen LogP contribution in [0, 0.1) is 0 Å². The third-order valence-corrected chi connectivity index (χ3v) is 4.33. The van der Waals surface area contributed by atoms with Crippen LogP contribution in [0.15, 0.2) is 47.4 Å². The number of aromatic nitrogens is 2. The Morgan fingerprint density at radius 2 is 1.90 bits per heavy atom. The lowest BCUT2D eigenvalue weighted by molar-refractivity contribution is -0.117. The van der Waals surface area contributed by atoms with Crippen LogP contribution in [0.5, 0.6) is 11.5 Å². The zero-order valence-electron chi connectivity index (χ0n) is 16.6. The molecule has 152 valence electrons. The summed E-state index contributed by atoms with van der Waals surface area (Å²) in [5, 5.41) is 7.89. The highest BCUT2D eigenvalue weighted by molar-refractivity contribution is 5.91. The van der Waals surface area contributed by atoms with Crippen LogP contribution in [0.2, 0.25) is 0 Å². The van der Waals surface area contributed by atoms with Gasteiger partial charge in [-0.1, -0.05) is 12.1 Å². The number of carbonyl (C=O) groups excluding carboxylic acids is 1. The first-order valence-corrected chi connectivity index (χ1v) is 9.14. The number of rotatable bonds is 8. The highest BCUT2D eigenvalue weighted by Crippen LogP contribution is 2.30. The van der Waals surface area contributed by atoms with Crippen LogP contribution in [0.1, 0.15) is 12.5 Å². The van der Waals surface area contributed by atoms with Gasteiger partial charge in [0.2, 0.25) is 5.91 Å². The summed E-state index contributed by atoms with van der Waals surface area (Å²) in [6.45, 7) is 2.80. The number of hydrogen-bond acceptors (Lipinski definition) is 6. The van der Waals surface area contributed by atoms with Crippen molar-refractivity contribution in [1.82, 2.24) is 9.78 Å². The summed E-state index contributed by atoms with van der Waals surface area (Å²) in [6, 6.07) is 10.6. The van der Waals surface area contributed by atoms with Gasteiger partial charge in [0.1, 0.15) is 6.54 Å². The molecule has 0 aliphatic rings. The van der Waals surface area contributed by atoms with Gasteiger partial charge in [-0.25, -0.2) is 4.68 Å². The molecule has 0 saturated heterocycles. The Kier molecular flexibility index (Phi) is 6.46. The third-order valence-electron chi connectivity index (χ3n) is 4.33. The number of nitrogens with zero attached hydrogens (tertiary/aromatic N) is 2. The molecule has 0 bridgehead atoms. The molecule has 29 heavy (non-hydrogen) atoms. The van der Waals surface area contributed by atoms with E-state index in [1.807, 2.05) is 25.1 Å². The third kappa shape index (κ3) is 4.72. The molecule has 0 saturated carbocycles. The summed E-state index contributed by atoms with van der Waals surface area (Å²) >= 11 is 0. The molecule has 3 rings (SSSR count). The van der Waals surface area contributed by atoms with Crippen molar-refractivity contribution in [2.45, 2.75) is 20.1 Å². The van der Waals surface area contributed by atoms with Crippen LogP contribution in [0.4, 0.5) is 5.69 Å². The predicted molar refractivity (Wildman–Crippen MR) is 110 cm³/mol. The fourth-order valence-electron chi connectivity index (χ4n) is 2.92. The second-order valence-electron chi connectivity index (χ2n) is 6.29. The van der Waals surface area contributed by atoms with Crippen LogP contribution in [-0.4, -0.2) is 36.5 Å². The number of anilines is 1. The molecule has 0 aliphatic carbocycles. The molecule has 1 amide bonds. The summed E-state index contributed by atoms with van der Waals surface area (Å²) in [6.07, 6.45) is 1.52. The lowest BCUT2D eigenvalue weighted by atomic mass is 10.2. The van der Waals surface area contributed by atoms with Gasteiger partial charge in [-0.15, -0.1) is 0 Å². The molecule has 0 fully saturated rings. The van der Waals surface area contributed by atoms with Gasteiger partial charge in [0.15, 0.2) is 11.5 Å². The van der Waals surface area contributed by atoms with Crippen LogP contribution in [-0.2, 0) is 22.7 Å². The maximum absolute atomic E-state index is 12.8. The second kappa shape index (κ2) is 9.20. The van der Waals surface area contributed by atoms with E-state index in [1.165, 1.54) is 20.4 Å². The summed E-state index contributed by atoms with van der Waals surface area (Å²) < 4.78 is 17.0. The van der Waals surface area contributed by atoms with Gasteiger partial charge >= 0.3 is 0 Å².